The van der Waals surface area contributed by atoms with E-state index < -0.39 is 0 Å². The Bertz CT molecular complexity index is 444. The van der Waals surface area contributed by atoms with Crippen molar-refractivity contribution in [1.29, 1.82) is 0 Å². The minimum absolute atomic E-state index is 0.298. The topological polar surface area (TPSA) is 63.7 Å². The van der Waals surface area contributed by atoms with E-state index in [0.717, 1.165) is 50.1 Å². The van der Waals surface area contributed by atoms with Crippen LogP contribution in [-0.2, 0) is 9.47 Å². The van der Waals surface area contributed by atoms with Gasteiger partial charge in [0.05, 0.1) is 25.5 Å². The number of hydrogen-bond donors (Lipinski definition) is 1. The maximum absolute atomic E-state index is 11.9. The number of aryl methyl sites for hydroxylation is 1. The van der Waals surface area contributed by atoms with Gasteiger partial charge in [0.2, 0.25) is 0 Å². The van der Waals surface area contributed by atoms with Gasteiger partial charge in [0.15, 0.2) is 0 Å². The number of nitrogens with zero attached hydrogens (tertiary/aromatic N) is 2. The van der Waals surface area contributed by atoms with Crippen LogP contribution in [0.3, 0.4) is 0 Å². The lowest BCUT2D eigenvalue weighted by atomic mass is 10.2. The molecule has 0 radical (unpaired) electrons. The summed E-state index contributed by atoms with van der Waals surface area (Å²) in [7, 11) is 0. The lowest BCUT2D eigenvalue weighted by Crippen LogP contribution is -2.39. The average Bonchev–Trinajstić information content (AvgIpc) is 2.81. The van der Waals surface area contributed by atoms with Crippen LogP contribution in [0.5, 0.6) is 0 Å². The van der Waals surface area contributed by atoms with Crippen LogP contribution in [0, 0.1) is 6.92 Å². The van der Waals surface area contributed by atoms with Crippen molar-refractivity contribution in [2.75, 3.05) is 51.3 Å². The standard InChI is InChI=1S/C13H21N3O3S/c1-3-19-13(17)11-10(2)15-20-12(11)14-4-5-16-6-8-18-9-7-16/h14H,3-9H2,1-2H3. The van der Waals surface area contributed by atoms with E-state index in [1.807, 2.05) is 6.92 Å². The summed E-state index contributed by atoms with van der Waals surface area (Å²) in [5.74, 6) is -0.298. The predicted molar refractivity (Wildman–Crippen MR) is 78.6 cm³/mol. The maximum Gasteiger partial charge on any atom is 0.343 e. The smallest absolute Gasteiger partial charge is 0.343 e. The van der Waals surface area contributed by atoms with Gasteiger partial charge < -0.3 is 14.8 Å². The first-order chi connectivity index (χ1) is 9.72. The second-order valence-corrected chi connectivity index (χ2v) is 5.35. The van der Waals surface area contributed by atoms with Crippen molar-refractivity contribution in [3.05, 3.63) is 11.3 Å². The number of rotatable bonds is 6. The van der Waals surface area contributed by atoms with Gasteiger partial charge in [-0.1, -0.05) is 0 Å². The third-order valence-corrected chi connectivity index (χ3v) is 4.06. The average molecular weight is 299 g/mol. The van der Waals surface area contributed by atoms with Gasteiger partial charge >= 0.3 is 5.97 Å². The van der Waals surface area contributed by atoms with Gasteiger partial charge in [-0.15, -0.1) is 0 Å². The summed E-state index contributed by atoms with van der Waals surface area (Å²) in [5, 5.41) is 4.09. The molecule has 0 aromatic carbocycles. The Morgan fingerprint density at radius 2 is 2.25 bits per heavy atom. The fourth-order valence-corrected chi connectivity index (χ4v) is 2.89. The second kappa shape index (κ2) is 7.56. The van der Waals surface area contributed by atoms with E-state index in [1.54, 1.807) is 6.92 Å². The molecule has 1 saturated heterocycles. The number of carbonyl (C=O) groups is 1. The number of carbonyl (C=O) groups excluding carboxylic acids is 1. The van der Waals surface area contributed by atoms with E-state index in [1.165, 1.54) is 11.5 Å². The quantitative estimate of drug-likeness (QED) is 0.801. The summed E-state index contributed by atoms with van der Waals surface area (Å²) in [6.45, 7) is 9.26. The molecule has 112 valence electrons. The van der Waals surface area contributed by atoms with E-state index in [9.17, 15) is 4.79 Å². The molecular weight excluding hydrogens is 278 g/mol. The number of ether oxygens (including phenoxy) is 2. The number of morpholine rings is 1. The molecule has 0 bridgehead atoms. The molecule has 1 aromatic rings. The van der Waals surface area contributed by atoms with Crippen LogP contribution in [0.15, 0.2) is 0 Å². The Balaban J connectivity index is 1.87. The third-order valence-electron chi connectivity index (χ3n) is 3.16. The zero-order chi connectivity index (χ0) is 14.4. The number of aromatic nitrogens is 1. The SMILES string of the molecule is CCOC(=O)c1c(C)nsc1NCCN1CCOCC1. The van der Waals surface area contributed by atoms with Gasteiger partial charge in [0, 0.05) is 26.2 Å². The largest absolute Gasteiger partial charge is 0.462 e. The highest BCUT2D eigenvalue weighted by atomic mass is 32.1. The van der Waals surface area contributed by atoms with Crippen LogP contribution in [0.1, 0.15) is 23.0 Å². The molecule has 6 nitrogen and oxygen atoms in total. The van der Waals surface area contributed by atoms with Crippen LogP contribution in [0.25, 0.3) is 0 Å². The van der Waals surface area contributed by atoms with Crippen molar-refractivity contribution in [2.45, 2.75) is 13.8 Å². The number of hydrogen-bond acceptors (Lipinski definition) is 7. The maximum atomic E-state index is 11.9. The van der Waals surface area contributed by atoms with Crippen molar-refractivity contribution in [3.8, 4) is 0 Å². The highest BCUT2D eigenvalue weighted by Crippen LogP contribution is 2.25. The predicted octanol–water partition coefficient (Wildman–Crippen LogP) is 1.37. The lowest BCUT2D eigenvalue weighted by Gasteiger charge is -2.26. The molecule has 0 spiro atoms. The Kier molecular flexibility index (Phi) is 5.75. The molecule has 7 heteroatoms. The van der Waals surface area contributed by atoms with Crippen molar-refractivity contribution >= 4 is 22.5 Å². The summed E-state index contributed by atoms with van der Waals surface area (Å²) in [6, 6.07) is 0. The number of esters is 1. The summed E-state index contributed by atoms with van der Waals surface area (Å²) in [4.78, 5) is 14.2. The summed E-state index contributed by atoms with van der Waals surface area (Å²) >= 11 is 1.31. The molecule has 1 fully saturated rings. The summed E-state index contributed by atoms with van der Waals surface area (Å²) in [5.41, 5.74) is 1.29. The molecule has 2 rings (SSSR count). The minimum Gasteiger partial charge on any atom is -0.462 e. The fourth-order valence-electron chi connectivity index (χ4n) is 2.09. The molecule has 2 heterocycles. The number of anilines is 1. The van der Waals surface area contributed by atoms with Gasteiger partial charge in [-0.25, -0.2) is 4.79 Å². The van der Waals surface area contributed by atoms with Gasteiger partial charge in [-0.3, -0.25) is 4.90 Å². The van der Waals surface area contributed by atoms with Gasteiger partial charge in [0.1, 0.15) is 10.6 Å². The summed E-state index contributed by atoms with van der Waals surface area (Å²) in [6.07, 6.45) is 0. The van der Waals surface area contributed by atoms with Crippen molar-refractivity contribution in [2.24, 2.45) is 0 Å². The van der Waals surface area contributed by atoms with Crippen molar-refractivity contribution in [3.63, 3.8) is 0 Å². The highest BCUT2D eigenvalue weighted by Gasteiger charge is 2.19. The molecule has 0 saturated carbocycles. The van der Waals surface area contributed by atoms with E-state index >= 15 is 0 Å². The normalized spacial score (nSPS) is 16.1. The van der Waals surface area contributed by atoms with E-state index in [4.69, 9.17) is 9.47 Å². The number of nitrogens with one attached hydrogen (secondary N) is 1. The molecule has 1 aromatic heterocycles. The zero-order valence-corrected chi connectivity index (χ0v) is 12.8. The third kappa shape index (κ3) is 3.91. The Hall–Kier alpha value is -1.18. The van der Waals surface area contributed by atoms with Gasteiger partial charge in [-0.2, -0.15) is 4.37 Å². The van der Waals surface area contributed by atoms with Crippen LogP contribution in [-0.4, -0.2) is 61.2 Å². The highest BCUT2D eigenvalue weighted by molar-refractivity contribution is 7.10. The van der Waals surface area contributed by atoms with Crippen LogP contribution in [0.2, 0.25) is 0 Å². The first-order valence-corrected chi connectivity index (χ1v) is 7.67. The van der Waals surface area contributed by atoms with Crippen LogP contribution >= 0.6 is 11.5 Å². The van der Waals surface area contributed by atoms with Crippen molar-refractivity contribution < 1.29 is 14.3 Å². The first-order valence-electron chi connectivity index (χ1n) is 6.89. The minimum atomic E-state index is -0.298. The second-order valence-electron chi connectivity index (χ2n) is 4.57. The molecule has 1 N–H and O–H groups in total. The molecule has 0 unspecified atom stereocenters. The van der Waals surface area contributed by atoms with E-state index in [0.29, 0.717) is 12.2 Å². The fraction of sp³-hybridized carbons (Fsp3) is 0.692. The molecule has 1 aliphatic heterocycles. The van der Waals surface area contributed by atoms with Crippen LogP contribution < -0.4 is 5.32 Å². The van der Waals surface area contributed by atoms with Gasteiger partial charge in [0.25, 0.3) is 0 Å². The van der Waals surface area contributed by atoms with E-state index in [-0.39, 0.29) is 5.97 Å². The Labute approximate surface area is 123 Å². The molecule has 0 amide bonds. The van der Waals surface area contributed by atoms with Crippen LogP contribution in [0.4, 0.5) is 5.00 Å². The molecule has 0 aliphatic carbocycles. The molecule has 0 atom stereocenters. The monoisotopic (exact) mass is 299 g/mol. The van der Waals surface area contributed by atoms with Crippen molar-refractivity contribution in [1.82, 2.24) is 9.27 Å². The molecular formula is C13H21N3O3S. The first kappa shape index (κ1) is 15.2. The van der Waals surface area contributed by atoms with E-state index in [2.05, 4.69) is 14.6 Å². The summed E-state index contributed by atoms with van der Waals surface area (Å²) < 4.78 is 14.6. The Morgan fingerprint density at radius 3 is 2.95 bits per heavy atom. The molecule has 20 heavy (non-hydrogen) atoms. The zero-order valence-electron chi connectivity index (χ0n) is 12.0. The van der Waals surface area contributed by atoms with Gasteiger partial charge in [-0.05, 0) is 25.4 Å². The lowest BCUT2D eigenvalue weighted by molar-refractivity contribution is 0.0398. The Morgan fingerprint density at radius 1 is 1.50 bits per heavy atom. The molecule has 1 aliphatic rings.